The molecule has 100 valence electrons. The van der Waals surface area contributed by atoms with Crippen LogP contribution < -0.4 is 0 Å². The second kappa shape index (κ2) is 4.57. The van der Waals surface area contributed by atoms with Gasteiger partial charge in [0.1, 0.15) is 12.6 Å². The molecule has 0 aromatic heterocycles. The molecule has 0 radical (unpaired) electrons. The fourth-order valence-electron chi connectivity index (χ4n) is 2.78. The minimum atomic E-state index is -0.391. The number of hydrogen-bond acceptors (Lipinski definition) is 3. The van der Waals surface area contributed by atoms with Crippen LogP contribution in [0, 0.1) is 0 Å². The number of β-lactam (4-membered cyclic amide) rings is 1. The van der Waals surface area contributed by atoms with Crippen molar-refractivity contribution in [3.63, 3.8) is 0 Å². The Kier molecular flexibility index (Phi) is 2.89. The average Bonchev–Trinajstić information content (AvgIpc) is 2.86. The van der Waals surface area contributed by atoms with E-state index < -0.39 is 6.09 Å². The highest BCUT2D eigenvalue weighted by Crippen LogP contribution is 2.32. The molecule has 2 heterocycles. The highest BCUT2D eigenvalue weighted by atomic mass is 16.6. The molecular formula is C14H16N2O3. The summed E-state index contributed by atoms with van der Waals surface area (Å²) in [6, 6.07) is 9.41. The van der Waals surface area contributed by atoms with Crippen molar-refractivity contribution in [2.45, 2.75) is 25.1 Å². The third kappa shape index (κ3) is 1.95. The molecule has 5 heteroatoms. The van der Waals surface area contributed by atoms with E-state index in [0.717, 1.165) is 12.0 Å². The molecule has 2 amide bonds. The number of fused-ring (bicyclic) bond motifs is 1. The number of carbonyl (C=O) groups is 2. The van der Waals surface area contributed by atoms with Crippen molar-refractivity contribution in [3.05, 3.63) is 35.9 Å². The summed E-state index contributed by atoms with van der Waals surface area (Å²) in [4.78, 5) is 27.0. The summed E-state index contributed by atoms with van der Waals surface area (Å²) < 4.78 is 5.26. The molecule has 2 saturated heterocycles. The summed E-state index contributed by atoms with van der Waals surface area (Å²) in [5, 5.41) is 0. The fourth-order valence-corrected chi connectivity index (χ4v) is 2.78. The summed E-state index contributed by atoms with van der Waals surface area (Å²) in [7, 11) is 1.78. The highest BCUT2D eigenvalue weighted by Gasteiger charge is 2.54. The summed E-state index contributed by atoms with van der Waals surface area (Å²) >= 11 is 0. The van der Waals surface area contributed by atoms with Gasteiger partial charge in [0, 0.05) is 13.6 Å². The van der Waals surface area contributed by atoms with Crippen LogP contribution in [-0.2, 0) is 16.1 Å². The van der Waals surface area contributed by atoms with Gasteiger partial charge in [0.05, 0.1) is 6.04 Å². The first kappa shape index (κ1) is 12.0. The molecule has 1 aromatic carbocycles. The number of benzene rings is 1. The van der Waals surface area contributed by atoms with Gasteiger partial charge in [-0.1, -0.05) is 30.3 Å². The van der Waals surface area contributed by atoms with Crippen molar-refractivity contribution in [3.8, 4) is 0 Å². The third-order valence-corrected chi connectivity index (χ3v) is 3.90. The van der Waals surface area contributed by atoms with Gasteiger partial charge in [0.25, 0.3) is 0 Å². The van der Waals surface area contributed by atoms with E-state index in [1.54, 1.807) is 16.8 Å². The smallest absolute Gasteiger partial charge is 0.410 e. The predicted octanol–water partition coefficient (Wildman–Crippen LogP) is 1.24. The molecule has 1 aromatic rings. The van der Waals surface area contributed by atoms with E-state index in [1.165, 1.54) is 0 Å². The van der Waals surface area contributed by atoms with E-state index in [0.29, 0.717) is 6.54 Å². The number of carbonyl (C=O) groups excluding carboxylic acids is 2. The molecule has 2 fully saturated rings. The molecule has 0 aliphatic carbocycles. The maximum absolute atomic E-state index is 12.0. The van der Waals surface area contributed by atoms with Crippen LogP contribution in [0.5, 0.6) is 0 Å². The number of amides is 2. The van der Waals surface area contributed by atoms with Crippen LogP contribution in [0.2, 0.25) is 0 Å². The van der Waals surface area contributed by atoms with Gasteiger partial charge < -0.3 is 9.64 Å². The van der Waals surface area contributed by atoms with Crippen molar-refractivity contribution >= 4 is 12.0 Å². The minimum absolute atomic E-state index is 0.0131. The molecule has 2 atom stereocenters. The number of rotatable bonds is 2. The van der Waals surface area contributed by atoms with Crippen LogP contribution in [-0.4, -0.2) is 47.5 Å². The van der Waals surface area contributed by atoms with Crippen LogP contribution in [0.3, 0.4) is 0 Å². The van der Waals surface area contributed by atoms with Crippen LogP contribution in [0.25, 0.3) is 0 Å². The number of hydrogen-bond donors (Lipinski definition) is 0. The van der Waals surface area contributed by atoms with Gasteiger partial charge >= 0.3 is 6.09 Å². The van der Waals surface area contributed by atoms with E-state index in [9.17, 15) is 9.59 Å². The van der Waals surface area contributed by atoms with Crippen LogP contribution >= 0.6 is 0 Å². The van der Waals surface area contributed by atoms with Crippen LogP contribution in [0.4, 0.5) is 4.79 Å². The first-order valence-corrected chi connectivity index (χ1v) is 6.42. The SMILES string of the molecule is CN1C(=O)[C@@H]2[C@H]1CCN2C(=O)OCc1ccccc1. The van der Waals surface area contributed by atoms with Gasteiger partial charge in [-0.2, -0.15) is 0 Å². The van der Waals surface area contributed by atoms with Gasteiger partial charge in [-0.15, -0.1) is 0 Å². The fraction of sp³-hybridized carbons (Fsp3) is 0.429. The predicted molar refractivity (Wildman–Crippen MR) is 68.3 cm³/mol. The van der Waals surface area contributed by atoms with Crippen molar-refractivity contribution in [2.75, 3.05) is 13.6 Å². The zero-order valence-electron chi connectivity index (χ0n) is 10.8. The summed E-state index contributed by atoms with van der Waals surface area (Å²) in [5.74, 6) is 0.0131. The lowest BCUT2D eigenvalue weighted by Crippen LogP contribution is -2.65. The lowest BCUT2D eigenvalue weighted by molar-refractivity contribution is -0.150. The molecular weight excluding hydrogens is 244 g/mol. The maximum atomic E-state index is 12.0. The van der Waals surface area contributed by atoms with Gasteiger partial charge in [0.2, 0.25) is 5.91 Å². The topological polar surface area (TPSA) is 49.9 Å². The normalized spacial score (nSPS) is 25.0. The Hall–Kier alpha value is -2.04. The Morgan fingerprint density at radius 3 is 2.84 bits per heavy atom. The summed E-state index contributed by atoms with van der Waals surface area (Å²) in [6.45, 7) is 0.844. The van der Waals surface area contributed by atoms with E-state index in [-0.39, 0.29) is 24.6 Å². The molecule has 0 N–H and O–H groups in total. The minimum Gasteiger partial charge on any atom is -0.445 e. The number of ether oxygens (including phenoxy) is 1. The lowest BCUT2D eigenvalue weighted by Gasteiger charge is -2.42. The van der Waals surface area contributed by atoms with Crippen molar-refractivity contribution in [2.24, 2.45) is 0 Å². The Labute approximate surface area is 111 Å². The molecule has 2 aliphatic rings. The first-order valence-electron chi connectivity index (χ1n) is 6.42. The van der Waals surface area contributed by atoms with Crippen molar-refractivity contribution in [1.82, 2.24) is 9.80 Å². The van der Waals surface area contributed by atoms with Gasteiger partial charge in [-0.25, -0.2) is 4.79 Å². The molecule has 19 heavy (non-hydrogen) atoms. The maximum Gasteiger partial charge on any atom is 0.410 e. The van der Waals surface area contributed by atoms with Gasteiger partial charge in [-0.3, -0.25) is 9.69 Å². The molecule has 0 spiro atoms. The second-order valence-corrected chi connectivity index (χ2v) is 4.98. The summed E-state index contributed by atoms with van der Waals surface area (Å²) in [6.07, 6.45) is 0.450. The summed E-state index contributed by atoms with van der Waals surface area (Å²) in [5.41, 5.74) is 0.948. The molecule has 0 bridgehead atoms. The van der Waals surface area contributed by atoms with E-state index in [2.05, 4.69) is 0 Å². The first-order chi connectivity index (χ1) is 9.18. The quantitative estimate of drug-likeness (QED) is 0.752. The van der Waals surface area contributed by atoms with Crippen LogP contribution in [0.1, 0.15) is 12.0 Å². The third-order valence-electron chi connectivity index (χ3n) is 3.90. The zero-order chi connectivity index (χ0) is 13.4. The zero-order valence-corrected chi connectivity index (χ0v) is 10.8. The van der Waals surface area contributed by atoms with Crippen molar-refractivity contribution < 1.29 is 14.3 Å². The molecule has 3 rings (SSSR count). The Morgan fingerprint density at radius 2 is 2.11 bits per heavy atom. The number of likely N-dealkylation sites (N-methyl/N-ethyl adjacent to an activating group) is 1. The number of likely N-dealkylation sites (tertiary alicyclic amines) is 2. The average molecular weight is 260 g/mol. The Bertz CT molecular complexity index is 503. The van der Waals surface area contributed by atoms with Gasteiger partial charge in [0.15, 0.2) is 0 Å². The van der Waals surface area contributed by atoms with Gasteiger partial charge in [-0.05, 0) is 12.0 Å². The van der Waals surface area contributed by atoms with E-state index in [1.807, 2.05) is 30.3 Å². The lowest BCUT2D eigenvalue weighted by atomic mass is 9.97. The Morgan fingerprint density at radius 1 is 1.37 bits per heavy atom. The largest absolute Gasteiger partial charge is 0.445 e. The number of nitrogens with zero attached hydrogens (tertiary/aromatic N) is 2. The standard InChI is InChI=1S/C14H16N2O3/c1-15-11-7-8-16(12(11)13(15)17)14(18)19-9-10-5-3-2-4-6-10/h2-6,11-12H,7-9H2,1H3/t11-,12+/m1/s1. The molecule has 5 nitrogen and oxygen atoms in total. The monoisotopic (exact) mass is 260 g/mol. The van der Waals surface area contributed by atoms with Crippen LogP contribution in [0.15, 0.2) is 30.3 Å². The molecule has 2 aliphatic heterocycles. The highest BCUT2D eigenvalue weighted by molar-refractivity contribution is 5.93. The van der Waals surface area contributed by atoms with Crippen molar-refractivity contribution in [1.29, 1.82) is 0 Å². The van der Waals surface area contributed by atoms with E-state index >= 15 is 0 Å². The molecule has 0 saturated carbocycles. The second-order valence-electron chi connectivity index (χ2n) is 4.98. The molecule has 0 unspecified atom stereocenters. The van der Waals surface area contributed by atoms with E-state index in [4.69, 9.17) is 4.74 Å². The Balaban J connectivity index is 1.58.